The van der Waals surface area contributed by atoms with Crippen molar-refractivity contribution in [2.75, 3.05) is 13.1 Å². The number of hydrogen-bond donors (Lipinski definition) is 1. The highest BCUT2D eigenvalue weighted by Crippen LogP contribution is 2.20. The smallest absolute Gasteiger partial charge is 0.0802 e. The van der Waals surface area contributed by atoms with Crippen LogP contribution >= 0.6 is 0 Å². The monoisotopic (exact) mass is 249 g/mol. The first-order valence-corrected chi connectivity index (χ1v) is 6.84. The van der Waals surface area contributed by atoms with Crippen LogP contribution in [-0.4, -0.2) is 28.6 Å². The van der Waals surface area contributed by atoms with E-state index >= 15 is 0 Å². The largest absolute Gasteiger partial charge is 0.388 e. The Kier molecular flexibility index (Phi) is 5.36. The zero-order valence-electron chi connectivity index (χ0n) is 12.4. The molecule has 0 aromatic heterocycles. The van der Waals surface area contributed by atoms with Crippen molar-refractivity contribution >= 4 is 0 Å². The zero-order chi connectivity index (χ0) is 13.8. The summed E-state index contributed by atoms with van der Waals surface area (Å²) in [5, 5.41) is 10.2. The molecule has 1 aromatic rings. The summed E-state index contributed by atoms with van der Waals surface area (Å²) < 4.78 is 0. The number of aryl methyl sites for hydroxylation is 1. The highest BCUT2D eigenvalue weighted by Gasteiger charge is 2.20. The molecule has 0 amide bonds. The van der Waals surface area contributed by atoms with Crippen molar-refractivity contribution in [1.82, 2.24) is 4.90 Å². The van der Waals surface area contributed by atoms with Crippen LogP contribution in [0.1, 0.15) is 51.3 Å². The number of nitrogens with zero attached hydrogens (tertiary/aromatic N) is 1. The molecular weight excluding hydrogens is 222 g/mol. The lowest BCUT2D eigenvalue weighted by molar-refractivity contribution is 0.0997. The molecule has 18 heavy (non-hydrogen) atoms. The predicted octanol–water partition coefficient (Wildman–Crippen LogP) is 3.54. The van der Waals surface area contributed by atoms with Crippen LogP contribution in [0.3, 0.4) is 0 Å². The molecule has 2 heteroatoms. The van der Waals surface area contributed by atoms with Gasteiger partial charge in [-0.05, 0) is 46.2 Å². The van der Waals surface area contributed by atoms with Gasteiger partial charge in [-0.15, -0.1) is 0 Å². The van der Waals surface area contributed by atoms with Gasteiger partial charge in [0, 0.05) is 12.1 Å². The van der Waals surface area contributed by atoms with Crippen LogP contribution in [0.25, 0.3) is 0 Å². The number of aliphatic hydroxyl groups is 1. The summed E-state index contributed by atoms with van der Waals surface area (Å²) in [4.78, 5) is 2.39. The SMILES string of the molecule is CCN(CCC(O)c1ccc(C)cc1)C(C)(C)C. The minimum atomic E-state index is -0.359. The molecule has 2 nitrogen and oxygen atoms in total. The molecule has 1 N–H and O–H groups in total. The van der Waals surface area contributed by atoms with Crippen LogP contribution in [0.5, 0.6) is 0 Å². The normalized spacial score (nSPS) is 13.9. The number of aliphatic hydroxyl groups excluding tert-OH is 1. The van der Waals surface area contributed by atoms with Crippen LogP contribution in [0.15, 0.2) is 24.3 Å². The van der Waals surface area contributed by atoms with Crippen LogP contribution in [0.4, 0.5) is 0 Å². The van der Waals surface area contributed by atoms with Crippen molar-refractivity contribution in [3.8, 4) is 0 Å². The molecule has 1 rings (SSSR count). The average Bonchev–Trinajstić information content (AvgIpc) is 2.28. The molecular formula is C16H27NO. The first-order valence-electron chi connectivity index (χ1n) is 6.84. The van der Waals surface area contributed by atoms with Crippen molar-refractivity contribution in [3.63, 3.8) is 0 Å². The van der Waals surface area contributed by atoms with Gasteiger partial charge in [-0.25, -0.2) is 0 Å². The van der Waals surface area contributed by atoms with E-state index in [1.54, 1.807) is 0 Å². The third-order valence-corrected chi connectivity index (χ3v) is 3.46. The quantitative estimate of drug-likeness (QED) is 0.863. The summed E-state index contributed by atoms with van der Waals surface area (Å²) in [6, 6.07) is 8.15. The fourth-order valence-corrected chi connectivity index (χ4v) is 2.20. The molecule has 0 aliphatic heterocycles. The van der Waals surface area contributed by atoms with Gasteiger partial charge >= 0.3 is 0 Å². The second kappa shape index (κ2) is 6.35. The lowest BCUT2D eigenvalue weighted by atomic mass is 10.0. The number of benzene rings is 1. The van der Waals surface area contributed by atoms with Gasteiger partial charge < -0.3 is 5.11 Å². The van der Waals surface area contributed by atoms with Crippen LogP contribution in [0, 0.1) is 6.92 Å². The molecule has 0 heterocycles. The maximum Gasteiger partial charge on any atom is 0.0802 e. The Hall–Kier alpha value is -0.860. The molecule has 1 unspecified atom stereocenters. The van der Waals surface area contributed by atoms with Crippen LogP contribution in [0.2, 0.25) is 0 Å². The number of hydrogen-bond acceptors (Lipinski definition) is 2. The van der Waals surface area contributed by atoms with E-state index in [-0.39, 0.29) is 11.6 Å². The second-order valence-electron chi connectivity index (χ2n) is 5.97. The molecule has 0 saturated carbocycles. The topological polar surface area (TPSA) is 23.5 Å². The van der Waals surface area contributed by atoms with Crippen molar-refractivity contribution in [1.29, 1.82) is 0 Å². The Balaban J connectivity index is 2.55. The molecule has 0 aliphatic rings. The Morgan fingerprint density at radius 3 is 2.17 bits per heavy atom. The number of rotatable bonds is 5. The van der Waals surface area contributed by atoms with E-state index in [0.717, 1.165) is 25.1 Å². The Bertz CT molecular complexity index is 350. The van der Waals surface area contributed by atoms with E-state index in [0.29, 0.717) is 0 Å². The fourth-order valence-electron chi connectivity index (χ4n) is 2.20. The molecule has 0 bridgehead atoms. The zero-order valence-corrected chi connectivity index (χ0v) is 12.4. The molecule has 0 spiro atoms. The van der Waals surface area contributed by atoms with Crippen molar-refractivity contribution in [2.24, 2.45) is 0 Å². The van der Waals surface area contributed by atoms with E-state index in [9.17, 15) is 5.11 Å². The first kappa shape index (κ1) is 15.2. The Morgan fingerprint density at radius 1 is 1.17 bits per heavy atom. The molecule has 0 aliphatic carbocycles. The summed E-state index contributed by atoms with van der Waals surface area (Å²) >= 11 is 0. The fraction of sp³-hybridized carbons (Fsp3) is 0.625. The van der Waals surface area contributed by atoms with Crippen LogP contribution < -0.4 is 0 Å². The summed E-state index contributed by atoms with van der Waals surface area (Å²) in [7, 11) is 0. The molecule has 0 saturated heterocycles. The van der Waals surface area contributed by atoms with E-state index < -0.39 is 0 Å². The van der Waals surface area contributed by atoms with Gasteiger partial charge in [0.1, 0.15) is 0 Å². The second-order valence-corrected chi connectivity index (χ2v) is 5.97. The summed E-state index contributed by atoms with van der Waals surface area (Å²) in [6.45, 7) is 12.8. The maximum atomic E-state index is 10.2. The lowest BCUT2D eigenvalue weighted by Crippen LogP contribution is -2.42. The first-order chi connectivity index (χ1) is 8.34. The summed E-state index contributed by atoms with van der Waals surface area (Å²) in [6.07, 6.45) is 0.427. The van der Waals surface area contributed by atoms with Crippen molar-refractivity contribution < 1.29 is 5.11 Å². The highest BCUT2D eigenvalue weighted by atomic mass is 16.3. The molecule has 0 fully saturated rings. The minimum absolute atomic E-state index is 0.168. The van der Waals surface area contributed by atoms with Gasteiger partial charge in [-0.1, -0.05) is 36.8 Å². The lowest BCUT2D eigenvalue weighted by Gasteiger charge is -2.35. The van der Waals surface area contributed by atoms with Gasteiger partial charge in [0.15, 0.2) is 0 Å². The van der Waals surface area contributed by atoms with Gasteiger partial charge in [-0.3, -0.25) is 4.90 Å². The van der Waals surface area contributed by atoms with Gasteiger partial charge in [0.25, 0.3) is 0 Å². The molecule has 0 radical (unpaired) electrons. The Labute approximate surface area is 112 Å². The highest BCUT2D eigenvalue weighted by molar-refractivity contribution is 5.23. The average molecular weight is 249 g/mol. The van der Waals surface area contributed by atoms with Crippen molar-refractivity contribution in [2.45, 2.75) is 52.7 Å². The van der Waals surface area contributed by atoms with Crippen molar-refractivity contribution in [3.05, 3.63) is 35.4 Å². The Morgan fingerprint density at radius 2 is 1.72 bits per heavy atom. The van der Waals surface area contributed by atoms with Crippen LogP contribution in [-0.2, 0) is 0 Å². The third-order valence-electron chi connectivity index (χ3n) is 3.46. The molecule has 102 valence electrons. The van der Waals surface area contributed by atoms with E-state index in [1.165, 1.54) is 5.56 Å². The standard InChI is InChI=1S/C16H27NO/c1-6-17(16(3,4)5)12-11-15(18)14-9-7-13(2)8-10-14/h7-10,15,18H,6,11-12H2,1-5H3. The summed E-state index contributed by atoms with van der Waals surface area (Å²) in [5.74, 6) is 0. The van der Waals surface area contributed by atoms with E-state index in [1.807, 2.05) is 12.1 Å². The van der Waals surface area contributed by atoms with Gasteiger partial charge in [0.05, 0.1) is 6.10 Å². The third kappa shape index (κ3) is 4.43. The maximum absolute atomic E-state index is 10.2. The van der Waals surface area contributed by atoms with Gasteiger partial charge in [-0.2, -0.15) is 0 Å². The molecule has 1 atom stereocenters. The van der Waals surface area contributed by atoms with E-state index in [4.69, 9.17) is 0 Å². The minimum Gasteiger partial charge on any atom is -0.388 e. The van der Waals surface area contributed by atoms with E-state index in [2.05, 4.69) is 51.7 Å². The summed E-state index contributed by atoms with van der Waals surface area (Å²) in [5.41, 5.74) is 2.42. The van der Waals surface area contributed by atoms with Gasteiger partial charge in [0.2, 0.25) is 0 Å². The predicted molar refractivity (Wildman–Crippen MR) is 77.8 cm³/mol. The molecule has 1 aromatic carbocycles.